The van der Waals surface area contributed by atoms with Crippen LogP contribution in [0.15, 0.2) is 48.5 Å². The molecule has 0 aromatic heterocycles. The molecule has 0 saturated carbocycles. The molecule has 9 heteroatoms. The number of carbonyl (C=O) groups is 3. The maximum atomic E-state index is 13.9. The van der Waals surface area contributed by atoms with Crippen LogP contribution < -0.4 is 4.90 Å². The lowest BCUT2D eigenvalue weighted by Crippen LogP contribution is -2.49. The van der Waals surface area contributed by atoms with Crippen LogP contribution in [0, 0.1) is 28.5 Å². The second-order valence-corrected chi connectivity index (χ2v) is 8.43. The van der Waals surface area contributed by atoms with E-state index in [0.717, 1.165) is 0 Å². The highest BCUT2D eigenvalue weighted by molar-refractivity contribution is 6.08. The van der Waals surface area contributed by atoms with Crippen molar-refractivity contribution < 1.29 is 33.0 Å². The highest BCUT2D eigenvalue weighted by atomic mass is 19.1. The van der Waals surface area contributed by atoms with Gasteiger partial charge in [0.05, 0.1) is 31.4 Å². The third-order valence-electron chi connectivity index (χ3n) is 6.69. The van der Waals surface area contributed by atoms with Gasteiger partial charge in [0.2, 0.25) is 0 Å². The van der Waals surface area contributed by atoms with E-state index in [2.05, 4.69) is 6.07 Å². The molecule has 0 radical (unpaired) electrons. The number of fused-ring (bicyclic) bond motifs is 2. The first kappa shape index (κ1) is 24.4. The van der Waals surface area contributed by atoms with Gasteiger partial charge in [0.15, 0.2) is 11.0 Å². The Morgan fingerprint density at radius 1 is 1.11 bits per heavy atom. The zero-order valence-electron chi connectivity index (χ0n) is 19.6. The minimum Gasteiger partial charge on any atom is -0.466 e. The van der Waals surface area contributed by atoms with Crippen LogP contribution in [0.3, 0.4) is 0 Å². The van der Waals surface area contributed by atoms with Crippen LogP contribution >= 0.6 is 0 Å². The van der Waals surface area contributed by atoms with E-state index in [1.54, 1.807) is 45.2 Å². The predicted molar refractivity (Wildman–Crippen MR) is 121 cm³/mol. The molecule has 1 amide bonds. The van der Waals surface area contributed by atoms with E-state index >= 15 is 0 Å². The van der Waals surface area contributed by atoms with Crippen LogP contribution in [-0.4, -0.2) is 38.1 Å². The number of esters is 2. The maximum Gasteiger partial charge on any atom is 0.330 e. The zero-order chi connectivity index (χ0) is 25.4. The topological polar surface area (TPSA) is 106 Å². The van der Waals surface area contributed by atoms with Crippen LogP contribution in [0.1, 0.15) is 37.5 Å². The van der Waals surface area contributed by atoms with Crippen molar-refractivity contribution in [2.45, 2.75) is 32.0 Å². The van der Waals surface area contributed by atoms with Crippen molar-refractivity contribution >= 4 is 23.5 Å². The normalized spacial score (nSPS) is 26.9. The Balaban J connectivity index is 2.03. The van der Waals surface area contributed by atoms with E-state index in [1.807, 2.05) is 0 Å². The molecular formula is C26H25FN2O6. The fourth-order valence-corrected chi connectivity index (χ4v) is 5.21. The molecular weight excluding hydrogens is 455 g/mol. The molecule has 2 aliphatic rings. The summed E-state index contributed by atoms with van der Waals surface area (Å²) in [6, 6.07) is 14.0. The Bertz CT molecular complexity index is 1210. The average Bonchev–Trinajstić information content (AvgIpc) is 3.26. The summed E-state index contributed by atoms with van der Waals surface area (Å²) >= 11 is 0. The molecule has 1 spiro atoms. The van der Waals surface area contributed by atoms with Gasteiger partial charge in [-0.05, 0) is 37.6 Å². The van der Waals surface area contributed by atoms with Gasteiger partial charge in [0, 0.05) is 18.5 Å². The number of hydrogen-bond donors (Lipinski definition) is 0. The Hall–Kier alpha value is -3.77. The van der Waals surface area contributed by atoms with E-state index in [0.29, 0.717) is 16.8 Å². The molecule has 35 heavy (non-hydrogen) atoms. The summed E-state index contributed by atoms with van der Waals surface area (Å²) < 4.78 is 30.7. The third-order valence-corrected chi connectivity index (χ3v) is 6.69. The zero-order valence-corrected chi connectivity index (χ0v) is 19.6. The summed E-state index contributed by atoms with van der Waals surface area (Å²) in [4.78, 5) is 41.6. The van der Waals surface area contributed by atoms with Crippen molar-refractivity contribution in [2.75, 3.05) is 25.2 Å². The monoisotopic (exact) mass is 480 g/mol. The smallest absolute Gasteiger partial charge is 0.330 e. The molecule has 0 aliphatic carbocycles. The first-order valence-corrected chi connectivity index (χ1v) is 11.3. The number of amides is 1. The highest BCUT2D eigenvalue weighted by Gasteiger charge is 2.75. The number of rotatable bonds is 6. The quantitative estimate of drug-likeness (QED) is 0.584. The van der Waals surface area contributed by atoms with Gasteiger partial charge in [-0.15, -0.1) is 0 Å². The molecule has 2 aromatic carbocycles. The van der Waals surface area contributed by atoms with Crippen molar-refractivity contribution in [2.24, 2.45) is 11.3 Å². The predicted octanol–water partition coefficient (Wildman–Crippen LogP) is 3.41. The van der Waals surface area contributed by atoms with E-state index < -0.39 is 53.1 Å². The highest BCUT2D eigenvalue weighted by Crippen LogP contribution is 2.65. The van der Waals surface area contributed by atoms with E-state index in [-0.39, 0.29) is 13.2 Å². The first-order chi connectivity index (χ1) is 16.8. The number of likely N-dealkylation sites (N-methyl/N-ethyl adjacent to an activating group) is 1. The first-order valence-electron chi connectivity index (χ1n) is 11.3. The molecule has 182 valence electrons. The van der Waals surface area contributed by atoms with Crippen molar-refractivity contribution in [3.63, 3.8) is 0 Å². The second kappa shape index (κ2) is 9.12. The molecule has 2 heterocycles. The lowest BCUT2D eigenvalue weighted by molar-refractivity contribution is -0.157. The van der Waals surface area contributed by atoms with Gasteiger partial charge in [-0.3, -0.25) is 14.4 Å². The number of para-hydroxylation sites is 1. The molecule has 2 aromatic rings. The maximum absolute atomic E-state index is 13.9. The van der Waals surface area contributed by atoms with Gasteiger partial charge in [-0.25, -0.2) is 4.39 Å². The van der Waals surface area contributed by atoms with Gasteiger partial charge < -0.3 is 19.1 Å². The van der Waals surface area contributed by atoms with Gasteiger partial charge in [-0.1, -0.05) is 30.3 Å². The molecule has 0 unspecified atom stereocenters. The number of nitriles is 1. The SMILES string of the molecule is CCOC(=O)C[C@H]1[C@](C#N)(C(=O)OCC)[C@@H](c2ccc(F)cc2)O[C@]12C(=O)N(C)c1ccccc12. The van der Waals surface area contributed by atoms with Gasteiger partial charge in [-0.2, -0.15) is 5.26 Å². The van der Waals surface area contributed by atoms with Gasteiger partial charge >= 0.3 is 11.9 Å². The number of hydrogen-bond acceptors (Lipinski definition) is 7. The van der Waals surface area contributed by atoms with Gasteiger partial charge in [0.25, 0.3) is 5.91 Å². The number of halogens is 1. The molecule has 4 atom stereocenters. The number of ether oxygens (including phenoxy) is 3. The summed E-state index contributed by atoms with van der Waals surface area (Å²) in [7, 11) is 1.56. The molecule has 1 saturated heterocycles. The Kier molecular flexibility index (Phi) is 6.34. The number of benzene rings is 2. The number of carbonyl (C=O) groups excluding carboxylic acids is 3. The molecule has 0 N–H and O–H groups in total. The Morgan fingerprint density at radius 2 is 1.77 bits per heavy atom. The summed E-state index contributed by atoms with van der Waals surface area (Å²) in [5.41, 5.74) is -2.70. The van der Waals surface area contributed by atoms with E-state index in [9.17, 15) is 24.0 Å². The number of nitrogens with zero attached hydrogens (tertiary/aromatic N) is 2. The number of anilines is 1. The summed E-state index contributed by atoms with van der Waals surface area (Å²) in [5.74, 6) is -3.95. The van der Waals surface area contributed by atoms with Crippen molar-refractivity contribution in [1.82, 2.24) is 0 Å². The van der Waals surface area contributed by atoms with Crippen molar-refractivity contribution in [1.29, 1.82) is 5.26 Å². The van der Waals surface area contributed by atoms with Crippen molar-refractivity contribution in [3.8, 4) is 6.07 Å². The Labute approximate surface area is 202 Å². The minimum absolute atomic E-state index is 0.0397. The van der Waals surface area contributed by atoms with Crippen LogP contribution in [0.2, 0.25) is 0 Å². The largest absolute Gasteiger partial charge is 0.466 e. The molecule has 0 bridgehead atoms. The van der Waals surface area contributed by atoms with Crippen LogP contribution in [0.4, 0.5) is 10.1 Å². The lowest BCUT2D eigenvalue weighted by Gasteiger charge is -2.33. The third kappa shape index (κ3) is 3.48. The molecule has 4 rings (SSSR count). The van der Waals surface area contributed by atoms with Crippen LogP contribution in [0.25, 0.3) is 0 Å². The average molecular weight is 480 g/mol. The van der Waals surface area contributed by atoms with Crippen LogP contribution in [-0.2, 0) is 34.2 Å². The molecule has 2 aliphatic heterocycles. The standard InChI is InChI=1S/C26H25FN2O6/c1-4-33-21(30)14-20-25(15-28,24(32)34-5-2)22(16-10-12-17(27)13-11-16)35-26(20)18-8-6-7-9-19(18)29(3)23(26)31/h6-13,20,22H,4-5,14H2,1-3H3/t20-,22+,25-,26-/m0/s1. The van der Waals surface area contributed by atoms with E-state index in [4.69, 9.17) is 14.2 Å². The Morgan fingerprint density at radius 3 is 2.40 bits per heavy atom. The lowest BCUT2D eigenvalue weighted by atomic mass is 9.64. The fraction of sp³-hybridized carbons (Fsp3) is 0.385. The second-order valence-electron chi connectivity index (χ2n) is 8.43. The minimum atomic E-state index is -2.10. The molecule has 1 fully saturated rings. The van der Waals surface area contributed by atoms with Crippen LogP contribution in [0.5, 0.6) is 0 Å². The summed E-state index contributed by atoms with van der Waals surface area (Å²) in [6.07, 6.45) is -1.78. The van der Waals surface area contributed by atoms with E-state index in [1.165, 1.54) is 29.2 Å². The van der Waals surface area contributed by atoms with Gasteiger partial charge in [0.1, 0.15) is 11.9 Å². The fourth-order valence-electron chi connectivity index (χ4n) is 5.21. The summed E-state index contributed by atoms with van der Waals surface area (Å²) in [5, 5.41) is 10.6. The van der Waals surface area contributed by atoms with Crippen molar-refractivity contribution in [3.05, 3.63) is 65.5 Å². The summed E-state index contributed by atoms with van der Waals surface area (Å²) in [6.45, 7) is 3.25. The molecule has 8 nitrogen and oxygen atoms in total.